The normalized spacial score (nSPS) is 20.6. The van der Waals surface area contributed by atoms with E-state index in [-0.39, 0.29) is 16.3 Å². The van der Waals surface area contributed by atoms with Crippen LogP contribution in [0.5, 0.6) is 0 Å². The maximum absolute atomic E-state index is 13.1. The summed E-state index contributed by atoms with van der Waals surface area (Å²) < 4.78 is 59.5. The maximum Gasteiger partial charge on any atom is 0.243 e. The lowest BCUT2D eigenvalue weighted by molar-refractivity contribution is -0.119. The Kier molecular flexibility index (Phi) is 6.87. The van der Waals surface area contributed by atoms with E-state index in [1.54, 1.807) is 24.3 Å². The summed E-state index contributed by atoms with van der Waals surface area (Å²) in [5.74, 6) is -0.438. The van der Waals surface area contributed by atoms with E-state index in [0.717, 1.165) is 5.56 Å². The molecule has 4 rings (SSSR count). The Balaban J connectivity index is 1.47. The van der Waals surface area contributed by atoms with E-state index in [1.807, 2.05) is 6.92 Å². The fourth-order valence-corrected chi connectivity index (χ4v) is 7.07. The third-order valence-corrected chi connectivity index (χ3v) is 9.70. The van der Waals surface area contributed by atoms with Crippen molar-refractivity contribution >= 4 is 31.6 Å². The molecule has 2 aromatic rings. The molecule has 0 aromatic heterocycles. The number of ether oxygens (including phenoxy) is 1. The minimum absolute atomic E-state index is 0.131. The number of amides is 1. The Morgan fingerprint density at radius 2 is 1.45 bits per heavy atom. The van der Waals surface area contributed by atoms with Gasteiger partial charge in [-0.05, 0) is 56.2 Å². The molecule has 2 fully saturated rings. The third-order valence-electron chi connectivity index (χ3n) is 5.86. The van der Waals surface area contributed by atoms with Crippen LogP contribution in [-0.4, -0.2) is 70.2 Å². The van der Waals surface area contributed by atoms with Gasteiger partial charge in [0.15, 0.2) is 0 Å². The van der Waals surface area contributed by atoms with Gasteiger partial charge in [0.2, 0.25) is 26.0 Å². The number of carbonyl (C=O) groups excluding carboxylic acids is 1. The number of rotatable bonds is 6. The van der Waals surface area contributed by atoms with Crippen molar-refractivity contribution in [3.8, 4) is 0 Å². The summed E-state index contributed by atoms with van der Waals surface area (Å²) in [7, 11) is -7.43. The summed E-state index contributed by atoms with van der Waals surface area (Å²) >= 11 is 0. The van der Waals surface area contributed by atoms with Gasteiger partial charge in [-0.15, -0.1) is 0 Å². The Labute approximate surface area is 194 Å². The van der Waals surface area contributed by atoms with Crippen molar-refractivity contribution < 1.29 is 26.4 Å². The molecule has 1 amide bonds. The minimum atomic E-state index is -3.80. The molecule has 9 nitrogen and oxygen atoms in total. The fraction of sp³-hybridized carbons (Fsp3) is 0.409. The summed E-state index contributed by atoms with van der Waals surface area (Å²) in [4.78, 5) is 13.2. The lowest BCUT2D eigenvalue weighted by Crippen LogP contribution is -2.43. The van der Waals surface area contributed by atoms with Gasteiger partial charge in [0.05, 0.1) is 23.0 Å². The molecule has 0 aliphatic carbocycles. The number of benzene rings is 2. The molecule has 0 spiro atoms. The van der Waals surface area contributed by atoms with Crippen molar-refractivity contribution in [2.45, 2.75) is 35.6 Å². The van der Waals surface area contributed by atoms with Crippen molar-refractivity contribution in [3.63, 3.8) is 0 Å². The van der Waals surface area contributed by atoms with Crippen molar-refractivity contribution in [2.24, 2.45) is 0 Å². The predicted molar refractivity (Wildman–Crippen MR) is 123 cm³/mol. The molecule has 178 valence electrons. The number of nitrogens with one attached hydrogen (secondary N) is 1. The van der Waals surface area contributed by atoms with Gasteiger partial charge < -0.3 is 10.1 Å². The molecule has 1 unspecified atom stereocenters. The molecule has 11 heteroatoms. The number of morpholine rings is 1. The number of anilines is 1. The molecule has 2 heterocycles. The summed E-state index contributed by atoms with van der Waals surface area (Å²) in [6.45, 7) is 3.46. The highest BCUT2D eigenvalue weighted by atomic mass is 32.2. The molecule has 2 saturated heterocycles. The van der Waals surface area contributed by atoms with Gasteiger partial charge in [0.1, 0.15) is 6.04 Å². The van der Waals surface area contributed by atoms with E-state index >= 15 is 0 Å². The smallest absolute Gasteiger partial charge is 0.243 e. The topological polar surface area (TPSA) is 113 Å². The molecular weight excluding hydrogens is 466 g/mol. The van der Waals surface area contributed by atoms with Gasteiger partial charge >= 0.3 is 0 Å². The van der Waals surface area contributed by atoms with Crippen LogP contribution in [0.25, 0.3) is 0 Å². The van der Waals surface area contributed by atoms with Crippen LogP contribution in [0.15, 0.2) is 58.3 Å². The molecule has 2 aliphatic rings. The van der Waals surface area contributed by atoms with Gasteiger partial charge in [-0.1, -0.05) is 17.7 Å². The number of aryl methyl sites for hydroxylation is 1. The average molecular weight is 494 g/mol. The number of nitrogens with zero attached hydrogens (tertiary/aromatic N) is 2. The van der Waals surface area contributed by atoms with Gasteiger partial charge in [0.25, 0.3) is 0 Å². The summed E-state index contributed by atoms with van der Waals surface area (Å²) in [6.07, 6.45) is 1.00. The Morgan fingerprint density at radius 1 is 0.879 bits per heavy atom. The van der Waals surface area contributed by atoms with Crippen molar-refractivity contribution in [1.29, 1.82) is 0 Å². The SMILES string of the molecule is Cc1ccc(S(=O)(=O)N2CCCC2C(=O)Nc2ccc(S(=O)(=O)N3CCOCC3)cc2)cc1. The Bertz CT molecular complexity index is 1210. The largest absolute Gasteiger partial charge is 0.379 e. The molecule has 1 atom stereocenters. The molecule has 0 saturated carbocycles. The van der Waals surface area contributed by atoms with Gasteiger partial charge in [0, 0.05) is 25.3 Å². The molecular formula is C22H27N3O6S2. The number of hydrogen-bond acceptors (Lipinski definition) is 6. The monoisotopic (exact) mass is 493 g/mol. The van der Waals surface area contributed by atoms with Crippen molar-refractivity contribution in [1.82, 2.24) is 8.61 Å². The Hall–Kier alpha value is -2.31. The molecule has 0 bridgehead atoms. The first-order chi connectivity index (χ1) is 15.7. The lowest BCUT2D eigenvalue weighted by Gasteiger charge is -2.26. The lowest BCUT2D eigenvalue weighted by atomic mass is 10.2. The third kappa shape index (κ3) is 4.97. The summed E-state index contributed by atoms with van der Waals surface area (Å²) in [5.41, 5.74) is 1.35. The van der Waals surface area contributed by atoms with Crippen molar-refractivity contribution in [3.05, 3.63) is 54.1 Å². The highest BCUT2D eigenvalue weighted by Gasteiger charge is 2.39. The van der Waals surface area contributed by atoms with E-state index in [0.29, 0.717) is 44.8 Å². The van der Waals surface area contributed by atoms with Gasteiger partial charge in [-0.25, -0.2) is 16.8 Å². The summed E-state index contributed by atoms with van der Waals surface area (Å²) in [5, 5.41) is 2.73. The standard InChI is InChI=1S/C22H27N3O6S2/c1-17-4-8-20(9-5-17)33(29,30)25-12-2-3-21(25)22(26)23-18-6-10-19(11-7-18)32(27,28)24-13-15-31-16-14-24/h4-11,21H,2-3,12-16H2,1H3,(H,23,26). The zero-order valence-electron chi connectivity index (χ0n) is 18.3. The van der Waals surface area contributed by atoms with Crippen LogP contribution >= 0.6 is 0 Å². The van der Waals surface area contributed by atoms with Crippen LogP contribution in [-0.2, 0) is 29.6 Å². The van der Waals surface area contributed by atoms with E-state index in [4.69, 9.17) is 4.74 Å². The molecule has 1 N–H and O–H groups in total. The first-order valence-electron chi connectivity index (χ1n) is 10.8. The van der Waals surface area contributed by atoms with Gasteiger partial charge in [-0.2, -0.15) is 8.61 Å². The zero-order chi connectivity index (χ0) is 23.6. The highest BCUT2D eigenvalue weighted by molar-refractivity contribution is 7.89. The second-order valence-electron chi connectivity index (χ2n) is 8.12. The maximum atomic E-state index is 13.1. The van der Waals surface area contributed by atoms with Crippen LogP contribution in [0.1, 0.15) is 18.4 Å². The predicted octanol–water partition coefficient (Wildman–Crippen LogP) is 1.81. The number of sulfonamides is 2. The van der Waals surface area contributed by atoms with Crippen LogP contribution in [0.4, 0.5) is 5.69 Å². The molecule has 0 radical (unpaired) electrons. The summed E-state index contributed by atoms with van der Waals surface area (Å²) in [6, 6.07) is 11.6. The van der Waals surface area contributed by atoms with Gasteiger partial charge in [-0.3, -0.25) is 4.79 Å². The molecule has 33 heavy (non-hydrogen) atoms. The number of hydrogen-bond donors (Lipinski definition) is 1. The molecule has 2 aromatic carbocycles. The van der Waals surface area contributed by atoms with Crippen molar-refractivity contribution in [2.75, 3.05) is 38.2 Å². The quantitative estimate of drug-likeness (QED) is 0.657. The van der Waals surface area contributed by atoms with Crippen LogP contribution in [0.2, 0.25) is 0 Å². The Morgan fingerprint density at radius 3 is 2.09 bits per heavy atom. The molecule has 2 aliphatic heterocycles. The van der Waals surface area contributed by atoms with E-state index < -0.39 is 32.0 Å². The zero-order valence-corrected chi connectivity index (χ0v) is 19.9. The van der Waals surface area contributed by atoms with Crippen LogP contribution < -0.4 is 5.32 Å². The highest BCUT2D eigenvalue weighted by Crippen LogP contribution is 2.27. The second-order valence-corrected chi connectivity index (χ2v) is 11.9. The minimum Gasteiger partial charge on any atom is -0.379 e. The van der Waals surface area contributed by atoms with E-state index in [9.17, 15) is 21.6 Å². The second kappa shape index (κ2) is 9.51. The van der Waals surface area contributed by atoms with E-state index in [1.165, 1.54) is 32.9 Å². The van der Waals surface area contributed by atoms with Crippen LogP contribution in [0.3, 0.4) is 0 Å². The number of carbonyl (C=O) groups is 1. The van der Waals surface area contributed by atoms with E-state index in [2.05, 4.69) is 5.32 Å². The fourth-order valence-electron chi connectivity index (χ4n) is 4.01. The average Bonchev–Trinajstić information content (AvgIpc) is 3.32. The van der Waals surface area contributed by atoms with Crippen LogP contribution in [0, 0.1) is 6.92 Å². The first kappa shape index (κ1) is 23.8. The first-order valence-corrected chi connectivity index (χ1v) is 13.6.